The number of hydrogen-bond donors (Lipinski definition) is 2. The summed E-state index contributed by atoms with van der Waals surface area (Å²) in [6.45, 7) is 3.39. The highest BCUT2D eigenvalue weighted by Gasteiger charge is 2.27. The van der Waals surface area contributed by atoms with E-state index in [2.05, 4.69) is 5.32 Å². The number of hydrogen-bond acceptors (Lipinski definition) is 3. The zero-order valence-electron chi connectivity index (χ0n) is 10.3. The lowest BCUT2D eigenvalue weighted by atomic mass is 9.83. The normalized spacial score (nSPS) is 19.4. The Labute approximate surface area is 97.9 Å². The van der Waals surface area contributed by atoms with Gasteiger partial charge in [0.05, 0.1) is 6.61 Å². The SMILES string of the molecule is CCCNC(=O)COCC1(N)CCCCC1. The van der Waals surface area contributed by atoms with Gasteiger partial charge < -0.3 is 15.8 Å². The topological polar surface area (TPSA) is 64.3 Å². The van der Waals surface area contributed by atoms with Crippen LogP contribution >= 0.6 is 0 Å². The molecule has 0 saturated heterocycles. The predicted molar refractivity (Wildman–Crippen MR) is 64.1 cm³/mol. The second kappa shape index (κ2) is 6.86. The lowest BCUT2D eigenvalue weighted by Gasteiger charge is -2.32. The van der Waals surface area contributed by atoms with Gasteiger partial charge in [-0.05, 0) is 19.3 Å². The number of carbonyl (C=O) groups excluding carboxylic acids is 1. The Balaban J connectivity index is 2.11. The first-order valence-electron chi connectivity index (χ1n) is 6.30. The van der Waals surface area contributed by atoms with Crippen LogP contribution in [0, 0.1) is 0 Å². The van der Waals surface area contributed by atoms with E-state index in [1.807, 2.05) is 6.92 Å². The highest BCUT2D eigenvalue weighted by molar-refractivity contribution is 5.77. The molecule has 0 bridgehead atoms. The zero-order valence-corrected chi connectivity index (χ0v) is 10.3. The molecule has 0 unspecified atom stereocenters. The molecule has 0 atom stereocenters. The van der Waals surface area contributed by atoms with Gasteiger partial charge in [-0.2, -0.15) is 0 Å². The minimum atomic E-state index is -0.191. The Morgan fingerprint density at radius 2 is 2.06 bits per heavy atom. The highest BCUT2D eigenvalue weighted by Crippen LogP contribution is 2.25. The molecule has 1 fully saturated rings. The summed E-state index contributed by atoms with van der Waals surface area (Å²) in [6, 6.07) is 0. The summed E-state index contributed by atoms with van der Waals surface area (Å²) < 4.78 is 5.40. The molecule has 1 aliphatic rings. The lowest BCUT2D eigenvalue weighted by Crippen LogP contribution is -2.46. The largest absolute Gasteiger partial charge is 0.370 e. The molecule has 0 spiro atoms. The van der Waals surface area contributed by atoms with Crippen LogP contribution in [0.2, 0.25) is 0 Å². The molecular weight excluding hydrogens is 204 g/mol. The molecule has 4 heteroatoms. The molecule has 0 radical (unpaired) electrons. The molecule has 1 aliphatic carbocycles. The van der Waals surface area contributed by atoms with Crippen molar-refractivity contribution in [3.05, 3.63) is 0 Å². The van der Waals surface area contributed by atoms with Crippen molar-refractivity contribution < 1.29 is 9.53 Å². The first kappa shape index (κ1) is 13.5. The third-order valence-corrected chi connectivity index (χ3v) is 3.04. The monoisotopic (exact) mass is 228 g/mol. The van der Waals surface area contributed by atoms with Gasteiger partial charge in [-0.3, -0.25) is 4.79 Å². The van der Waals surface area contributed by atoms with Gasteiger partial charge in [-0.15, -0.1) is 0 Å². The van der Waals surface area contributed by atoms with Crippen molar-refractivity contribution in [1.29, 1.82) is 0 Å². The van der Waals surface area contributed by atoms with Crippen LogP contribution in [-0.2, 0) is 9.53 Å². The van der Waals surface area contributed by atoms with Gasteiger partial charge in [0.25, 0.3) is 0 Å². The van der Waals surface area contributed by atoms with Gasteiger partial charge in [-0.25, -0.2) is 0 Å². The maximum absolute atomic E-state index is 11.3. The van der Waals surface area contributed by atoms with Crippen molar-refractivity contribution in [3.63, 3.8) is 0 Å². The molecule has 94 valence electrons. The quantitative estimate of drug-likeness (QED) is 0.717. The van der Waals surface area contributed by atoms with Gasteiger partial charge in [0.2, 0.25) is 5.91 Å². The van der Waals surface area contributed by atoms with Crippen molar-refractivity contribution >= 4 is 5.91 Å². The summed E-state index contributed by atoms with van der Waals surface area (Å²) in [5.41, 5.74) is 6.00. The lowest BCUT2D eigenvalue weighted by molar-refractivity contribution is -0.126. The fourth-order valence-electron chi connectivity index (χ4n) is 2.06. The van der Waals surface area contributed by atoms with Gasteiger partial charge in [0.1, 0.15) is 6.61 Å². The van der Waals surface area contributed by atoms with E-state index in [-0.39, 0.29) is 18.1 Å². The number of nitrogens with one attached hydrogen (secondary N) is 1. The molecular formula is C12H24N2O2. The van der Waals surface area contributed by atoms with Gasteiger partial charge in [0.15, 0.2) is 0 Å². The fourth-order valence-corrected chi connectivity index (χ4v) is 2.06. The predicted octanol–water partition coefficient (Wildman–Crippen LogP) is 1.19. The highest BCUT2D eigenvalue weighted by atomic mass is 16.5. The van der Waals surface area contributed by atoms with E-state index in [9.17, 15) is 4.79 Å². The molecule has 4 nitrogen and oxygen atoms in total. The summed E-state index contributed by atoms with van der Waals surface area (Å²) in [4.78, 5) is 11.3. The van der Waals surface area contributed by atoms with Gasteiger partial charge in [-0.1, -0.05) is 26.2 Å². The molecule has 3 N–H and O–H groups in total. The number of ether oxygens (including phenoxy) is 1. The summed E-state index contributed by atoms with van der Waals surface area (Å²) in [7, 11) is 0. The maximum atomic E-state index is 11.3. The molecule has 0 aliphatic heterocycles. The van der Waals surface area contributed by atoms with Gasteiger partial charge in [0, 0.05) is 12.1 Å². The van der Waals surface area contributed by atoms with Crippen molar-refractivity contribution in [1.82, 2.24) is 5.32 Å². The Bertz CT molecular complexity index is 213. The van der Waals surface area contributed by atoms with Crippen LogP contribution in [0.4, 0.5) is 0 Å². The van der Waals surface area contributed by atoms with Crippen LogP contribution in [0.5, 0.6) is 0 Å². The Kier molecular flexibility index (Phi) is 5.77. The zero-order chi connectivity index (χ0) is 11.9. The smallest absolute Gasteiger partial charge is 0.245 e. The Hall–Kier alpha value is -0.610. The van der Waals surface area contributed by atoms with Crippen molar-refractivity contribution in [2.24, 2.45) is 5.73 Å². The minimum absolute atomic E-state index is 0.0405. The number of nitrogens with two attached hydrogens (primary N) is 1. The molecule has 1 rings (SSSR count). The molecule has 0 aromatic carbocycles. The third kappa shape index (κ3) is 4.94. The van der Waals surface area contributed by atoms with Crippen molar-refractivity contribution in [2.45, 2.75) is 51.0 Å². The van der Waals surface area contributed by atoms with Crippen molar-refractivity contribution in [2.75, 3.05) is 19.8 Å². The average molecular weight is 228 g/mol. The van der Waals surface area contributed by atoms with E-state index >= 15 is 0 Å². The Morgan fingerprint density at radius 1 is 1.38 bits per heavy atom. The number of amides is 1. The number of rotatable bonds is 6. The van der Waals surface area contributed by atoms with E-state index in [4.69, 9.17) is 10.5 Å². The molecule has 0 aromatic heterocycles. The summed E-state index contributed by atoms with van der Waals surface area (Å²) in [6.07, 6.45) is 6.62. The average Bonchev–Trinajstić information content (AvgIpc) is 2.27. The second-order valence-electron chi connectivity index (χ2n) is 4.77. The summed E-state index contributed by atoms with van der Waals surface area (Å²) >= 11 is 0. The van der Waals surface area contributed by atoms with Crippen LogP contribution in [0.3, 0.4) is 0 Å². The van der Waals surface area contributed by atoms with Crippen LogP contribution in [-0.4, -0.2) is 31.2 Å². The Morgan fingerprint density at radius 3 is 2.69 bits per heavy atom. The van der Waals surface area contributed by atoms with Crippen molar-refractivity contribution in [3.8, 4) is 0 Å². The third-order valence-electron chi connectivity index (χ3n) is 3.04. The maximum Gasteiger partial charge on any atom is 0.245 e. The molecule has 0 heterocycles. The van der Waals surface area contributed by atoms with Crippen LogP contribution in [0.1, 0.15) is 45.4 Å². The first-order valence-corrected chi connectivity index (χ1v) is 6.30. The van der Waals surface area contributed by atoms with E-state index in [1.165, 1.54) is 19.3 Å². The van der Waals surface area contributed by atoms with E-state index < -0.39 is 0 Å². The summed E-state index contributed by atoms with van der Waals surface area (Å²) in [5.74, 6) is -0.0405. The molecule has 0 aromatic rings. The summed E-state index contributed by atoms with van der Waals surface area (Å²) in [5, 5.41) is 2.78. The fraction of sp³-hybridized carbons (Fsp3) is 0.917. The second-order valence-corrected chi connectivity index (χ2v) is 4.77. The van der Waals surface area contributed by atoms with E-state index in [0.29, 0.717) is 6.61 Å². The van der Waals surface area contributed by atoms with Crippen LogP contribution < -0.4 is 11.1 Å². The molecule has 1 saturated carbocycles. The molecule has 1 amide bonds. The minimum Gasteiger partial charge on any atom is -0.370 e. The first-order chi connectivity index (χ1) is 7.66. The standard InChI is InChI=1S/C12H24N2O2/c1-2-8-14-11(15)9-16-10-12(13)6-4-3-5-7-12/h2-10,13H2,1H3,(H,14,15). The molecule has 16 heavy (non-hydrogen) atoms. The van der Waals surface area contributed by atoms with E-state index in [1.54, 1.807) is 0 Å². The van der Waals surface area contributed by atoms with Gasteiger partial charge >= 0.3 is 0 Å². The van der Waals surface area contributed by atoms with Crippen LogP contribution in [0.25, 0.3) is 0 Å². The number of carbonyl (C=O) groups is 1. The van der Waals surface area contributed by atoms with E-state index in [0.717, 1.165) is 25.8 Å². The van der Waals surface area contributed by atoms with Crippen LogP contribution in [0.15, 0.2) is 0 Å².